The first-order valence-corrected chi connectivity index (χ1v) is 12.1. The van der Waals surface area contributed by atoms with E-state index in [2.05, 4.69) is 20.8 Å². The fourth-order valence-corrected chi connectivity index (χ4v) is 8.76. The van der Waals surface area contributed by atoms with E-state index in [0.29, 0.717) is 36.0 Å². The lowest BCUT2D eigenvalue weighted by atomic mass is 9.43. The molecule has 3 N–H and O–H groups in total. The van der Waals surface area contributed by atoms with Gasteiger partial charge in [-0.15, -0.1) is 0 Å². The highest BCUT2D eigenvalue weighted by molar-refractivity contribution is 5.75. The molecule has 4 rings (SSSR count). The first kappa shape index (κ1) is 21.8. The lowest BCUT2D eigenvalue weighted by molar-refractivity contribution is -0.207. The monoisotopic (exact) mass is 406 g/mol. The molecular weight excluding hydrogens is 364 g/mol. The van der Waals surface area contributed by atoms with Gasteiger partial charge in [-0.05, 0) is 105 Å². The molecule has 3 unspecified atom stereocenters. The smallest absolute Gasteiger partial charge is 0.129 e. The maximum absolute atomic E-state index is 11.5. The maximum atomic E-state index is 11.5. The van der Waals surface area contributed by atoms with Crippen LogP contribution in [0.5, 0.6) is 0 Å². The van der Waals surface area contributed by atoms with Crippen molar-refractivity contribution in [2.75, 3.05) is 0 Å². The van der Waals surface area contributed by atoms with Gasteiger partial charge >= 0.3 is 0 Å². The van der Waals surface area contributed by atoms with Gasteiger partial charge in [-0.1, -0.05) is 20.8 Å². The molecule has 4 saturated carbocycles. The predicted molar refractivity (Wildman–Crippen MR) is 113 cm³/mol. The van der Waals surface area contributed by atoms with Crippen molar-refractivity contribution in [2.45, 2.75) is 104 Å². The van der Waals surface area contributed by atoms with Gasteiger partial charge in [-0.3, -0.25) is 0 Å². The summed E-state index contributed by atoms with van der Waals surface area (Å²) in [6.07, 6.45) is 7.12. The number of carbonyl (C=O) groups is 1. The molecule has 0 amide bonds. The standard InChI is InChI=1S/C25H42O4/c1-14(5-6-15(2)26)18-7-8-19-23-20(13-22(29)25(18,19)4)24(3)10-9-17(27)11-16(24)12-21(23)28/h14,16-23,27-29H,5-13H2,1-4H3/t14-,16?,17-,18-,19+,20+,21?,22+,23?,24+,25-/m1/s1. The van der Waals surface area contributed by atoms with Gasteiger partial charge in [-0.2, -0.15) is 0 Å². The zero-order chi connectivity index (χ0) is 21.1. The minimum absolute atomic E-state index is 0.129. The summed E-state index contributed by atoms with van der Waals surface area (Å²) in [5, 5.41) is 33.0. The highest BCUT2D eigenvalue weighted by atomic mass is 16.3. The second-order valence-electron chi connectivity index (χ2n) is 11.7. The summed E-state index contributed by atoms with van der Waals surface area (Å²) in [6, 6.07) is 0. The molecule has 0 aromatic heterocycles. The number of hydrogen-bond acceptors (Lipinski definition) is 4. The van der Waals surface area contributed by atoms with Crippen molar-refractivity contribution in [3.05, 3.63) is 0 Å². The van der Waals surface area contributed by atoms with E-state index >= 15 is 0 Å². The first-order valence-electron chi connectivity index (χ1n) is 12.1. The lowest BCUT2D eigenvalue weighted by Crippen LogP contribution is -2.62. The van der Waals surface area contributed by atoms with Crippen molar-refractivity contribution in [1.82, 2.24) is 0 Å². The van der Waals surface area contributed by atoms with Crippen molar-refractivity contribution in [2.24, 2.45) is 46.3 Å². The van der Waals surface area contributed by atoms with E-state index in [-0.39, 0.29) is 40.8 Å². The summed E-state index contributed by atoms with van der Waals surface area (Å²) in [7, 11) is 0. The fourth-order valence-electron chi connectivity index (χ4n) is 8.76. The number of ketones is 1. The third-order valence-electron chi connectivity index (χ3n) is 10.5. The SMILES string of the molecule is CC(=O)CC[C@@H](C)[C@H]1CC[C@H]2C3C(O)CC4C[C@H](O)CC[C@]4(C)[C@H]3C[C@H](O)[C@]12C. The Morgan fingerprint density at radius 3 is 2.45 bits per heavy atom. The van der Waals surface area contributed by atoms with Crippen LogP contribution in [0.25, 0.3) is 0 Å². The Bertz CT molecular complexity index is 634. The van der Waals surface area contributed by atoms with Crippen molar-refractivity contribution >= 4 is 5.78 Å². The Balaban J connectivity index is 1.61. The van der Waals surface area contributed by atoms with Gasteiger partial charge in [0.1, 0.15) is 5.78 Å². The van der Waals surface area contributed by atoms with Crippen molar-refractivity contribution < 1.29 is 20.1 Å². The number of hydrogen-bond donors (Lipinski definition) is 3. The van der Waals surface area contributed by atoms with Crippen LogP contribution in [0.2, 0.25) is 0 Å². The van der Waals surface area contributed by atoms with Gasteiger partial charge in [0, 0.05) is 6.42 Å². The molecule has 0 bridgehead atoms. The van der Waals surface area contributed by atoms with Crippen molar-refractivity contribution in [3.8, 4) is 0 Å². The Morgan fingerprint density at radius 2 is 1.76 bits per heavy atom. The Morgan fingerprint density at radius 1 is 1.03 bits per heavy atom. The second kappa shape index (κ2) is 7.60. The van der Waals surface area contributed by atoms with E-state index in [1.165, 1.54) is 0 Å². The molecule has 29 heavy (non-hydrogen) atoms. The molecule has 0 saturated heterocycles. The zero-order valence-corrected chi connectivity index (χ0v) is 18.8. The normalized spacial score (nSPS) is 52.9. The Kier molecular flexibility index (Phi) is 5.71. The molecule has 0 aromatic rings. The third-order valence-corrected chi connectivity index (χ3v) is 10.5. The van der Waals surface area contributed by atoms with Crippen molar-refractivity contribution in [1.29, 1.82) is 0 Å². The van der Waals surface area contributed by atoms with E-state index in [9.17, 15) is 20.1 Å². The first-order chi connectivity index (χ1) is 13.6. The topological polar surface area (TPSA) is 77.8 Å². The molecule has 166 valence electrons. The maximum Gasteiger partial charge on any atom is 0.129 e. The van der Waals surface area contributed by atoms with Crippen LogP contribution >= 0.6 is 0 Å². The molecular formula is C25H42O4. The number of carbonyl (C=O) groups excluding carboxylic acids is 1. The van der Waals surface area contributed by atoms with E-state index in [4.69, 9.17) is 0 Å². The minimum atomic E-state index is -0.337. The van der Waals surface area contributed by atoms with Gasteiger partial charge < -0.3 is 20.1 Å². The molecule has 4 heteroatoms. The lowest BCUT2D eigenvalue weighted by Gasteiger charge is -2.63. The quantitative estimate of drug-likeness (QED) is 0.660. The van der Waals surface area contributed by atoms with E-state index in [0.717, 1.165) is 51.4 Å². The predicted octanol–water partition coefficient (Wildman–Crippen LogP) is 3.95. The molecule has 11 atom stereocenters. The van der Waals surface area contributed by atoms with E-state index in [1.807, 2.05) is 0 Å². The van der Waals surface area contributed by atoms with Crippen LogP contribution < -0.4 is 0 Å². The van der Waals surface area contributed by atoms with Gasteiger partial charge in [0.05, 0.1) is 18.3 Å². The van der Waals surface area contributed by atoms with Crippen molar-refractivity contribution in [3.63, 3.8) is 0 Å². The van der Waals surface area contributed by atoms with Crippen LogP contribution in [0.15, 0.2) is 0 Å². The van der Waals surface area contributed by atoms with Crippen LogP contribution in [0, 0.1) is 46.3 Å². The summed E-state index contributed by atoms with van der Waals surface area (Å²) in [5.41, 5.74) is -0.0283. The average Bonchev–Trinajstić information content (AvgIpc) is 3.01. The van der Waals surface area contributed by atoms with Gasteiger partial charge in [0.15, 0.2) is 0 Å². The number of Topliss-reactive ketones (excluding diaryl/α,β-unsaturated/α-hetero) is 1. The molecule has 0 aromatic carbocycles. The second-order valence-corrected chi connectivity index (χ2v) is 11.7. The van der Waals surface area contributed by atoms with Gasteiger partial charge in [0.2, 0.25) is 0 Å². The minimum Gasteiger partial charge on any atom is -0.393 e. The summed E-state index contributed by atoms with van der Waals surface area (Å²) in [6.45, 7) is 8.59. The van der Waals surface area contributed by atoms with Crippen LogP contribution in [0.4, 0.5) is 0 Å². The molecule has 0 heterocycles. The average molecular weight is 407 g/mol. The van der Waals surface area contributed by atoms with Crippen LogP contribution in [0.3, 0.4) is 0 Å². The third kappa shape index (κ3) is 3.32. The van der Waals surface area contributed by atoms with Gasteiger partial charge in [-0.25, -0.2) is 0 Å². The van der Waals surface area contributed by atoms with Crippen LogP contribution in [0.1, 0.15) is 85.5 Å². The molecule has 0 aliphatic heterocycles. The molecule has 4 aliphatic rings. The number of aliphatic hydroxyl groups is 3. The molecule has 4 nitrogen and oxygen atoms in total. The summed E-state index contributed by atoms with van der Waals surface area (Å²) in [4.78, 5) is 11.5. The molecule has 4 aliphatic carbocycles. The van der Waals surface area contributed by atoms with Crippen LogP contribution in [-0.4, -0.2) is 39.4 Å². The van der Waals surface area contributed by atoms with E-state index < -0.39 is 0 Å². The fraction of sp³-hybridized carbons (Fsp3) is 0.960. The summed E-state index contributed by atoms with van der Waals surface area (Å²) >= 11 is 0. The summed E-state index contributed by atoms with van der Waals surface area (Å²) < 4.78 is 0. The molecule has 0 spiro atoms. The highest BCUT2D eigenvalue weighted by Crippen LogP contribution is 2.68. The van der Waals surface area contributed by atoms with Crippen LogP contribution in [-0.2, 0) is 4.79 Å². The van der Waals surface area contributed by atoms with Gasteiger partial charge in [0.25, 0.3) is 0 Å². The number of aliphatic hydroxyl groups excluding tert-OH is 3. The number of fused-ring (bicyclic) bond motifs is 5. The largest absolute Gasteiger partial charge is 0.393 e. The highest BCUT2D eigenvalue weighted by Gasteiger charge is 2.65. The molecule has 4 fully saturated rings. The number of rotatable bonds is 4. The Hall–Kier alpha value is -0.450. The van der Waals surface area contributed by atoms with E-state index in [1.54, 1.807) is 6.92 Å². The Labute approximate surface area is 176 Å². The molecule has 0 radical (unpaired) electrons. The summed E-state index contributed by atoms with van der Waals surface area (Å²) in [5.74, 6) is 2.45. The zero-order valence-electron chi connectivity index (χ0n) is 18.8.